The van der Waals surface area contributed by atoms with Crippen LogP contribution in [0.1, 0.15) is 119 Å². The third kappa shape index (κ3) is 15.6. The molecule has 1 saturated heterocycles. The van der Waals surface area contributed by atoms with E-state index in [0.29, 0.717) is 24.1 Å². The number of esters is 1. The maximum absolute atomic E-state index is 14.7. The number of rotatable bonds is 28. The first-order valence-corrected chi connectivity index (χ1v) is 26.6. The molecule has 0 spiro atoms. The Morgan fingerprint density at radius 2 is 1.22 bits per heavy atom. The van der Waals surface area contributed by atoms with Crippen molar-refractivity contribution in [1.29, 1.82) is 0 Å². The molecule has 1 aliphatic heterocycles. The number of hydrogen-bond acceptors (Lipinski definition) is 7. The standard InChI is InChI=1S/C54H66Cl3N2O7P/c1-3-37-65-52(63)51(67(44-29-18-15-19-30-44,45-31-20-16-21-32-45)46-33-22-17-23-34-46)59-47(49(41(2)60)50(59)62)39-48(61)43-28-26-27-42(38-43)40-66-53(64)58-36-25-14-12-10-8-6-4-5-7-9-11-13-24-35-54(55,56)57/h3,15-23,26-34,38,41,47,49,60H,1,4-14,24-25,35-37,39-40H2,2H3,(H,58,64)/t41-,47-,49-/m1/s1. The molecule has 4 aromatic carbocycles. The molecule has 13 heteroatoms. The van der Waals surface area contributed by atoms with Crippen molar-refractivity contribution in [1.82, 2.24) is 10.2 Å². The summed E-state index contributed by atoms with van der Waals surface area (Å²) in [6.07, 6.45) is 15.2. The van der Waals surface area contributed by atoms with Gasteiger partial charge < -0.3 is 24.8 Å². The lowest BCUT2D eigenvalue weighted by atomic mass is 9.79. The smallest absolute Gasteiger partial charge is 0.407 e. The van der Waals surface area contributed by atoms with Crippen LogP contribution >= 0.6 is 41.7 Å². The number of unbranched alkanes of at least 4 members (excludes halogenated alkanes) is 12. The number of hydrogen-bond donors (Lipinski definition) is 2. The van der Waals surface area contributed by atoms with Crippen LogP contribution in [0.5, 0.6) is 0 Å². The van der Waals surface area contributed by atoms with Crippen molar-refractivity contribution in [3.05, 3.63) is 139 Å². The summed E-state index contributed by atoms with van der Waals surface area (Å²) >= 11 is 17.4. The van der Waals surface area contributed by atoms with E-state index in [9.17, 15) is 24.3 Å². The number of aliphatic hydroxyl groups is 1. The number of carbonyl (C=O) groups excluding carboxylic acids is 4. The zero-order valence-electron chi connectivity index (χ0n) is 38.6. The Hall–Kier alpha value is -4.37. The highest BCUT2D eigenvalue weighted by Gasteiger charge is 2.55. The fraction of sp³-hybridized carbons (Fsp3) is 0.426. The molecule has 3 atom stereocenters. The Balaban J connectivity index is 1.21. The summed E-state index contributed by atoms with van der Waals surface area (Å²) in [7, 11) is 0. The van der Waals surface area contributed by atoms with Crippen LogP contribution in [0.3, 0.4) is 0 Å². The number of carbonyl (C=O) groups is 4. The second kappa shape index (κ2) is 27.6. The van der Waals surface area contributed by atoms with Gasteiger partial charge in [-0.2, -0.15) is 0 Å². The number of nitrogens with zero attached hydrogens (tertiary/aromatic N) is 1. The largest absolute Gasteiger partial charge is 0.457 e. The first kappa shape index (κ1) is 53.6. The molecule has 1 fully saturated rings. The first-order valence-electron chi connectivity index (χ1n) is 23.7. The predicted molar refractivity (Wildman–Crippen MR) is 276 cm³/mol. The highest BCUT2D eigenvalue weighted by Crippen LogP contribution is 2.50. The molecule has 5 rings (SSSR count). The zero-order valence-corrected chi connectivity index (χ0v) is 41.8. The number of Topliss-reactive ketones (excluding diaryl/α,β-unsaturated/α-hetero) is 1. The molecule has 9 nitrogen and oxygen atoms in total. The maximum atomic E-state index is 14.7. The summed E-state index contributed by atoms with van der Waals surface area (Å²) in [5, 5.41) is 16.3. The summed E-state index contributed by atoms with van der Waals surface area (Å²) < 4.78 is 10.2. The van der Waals surface area contributed by atoms with Gasteiger partial charge in [0.15, 0.2) is 9.58 Å². The van der Waals surface area contributed by atoms with Crippen molar-refractivity contribution < 1.29 is 33.8 Å². The molecule has 2 amide bonds. The summed E-state index contributed by atoms with van der Waals surface area (Å²) in [5.41, 5.74) is 1.09. The number of alkyl halides is 3. The third-order valence-corrected chi connectivity index (χ3v) is 17.0. The molecule has 4 aromatic rings. The molecule has 1 aliphatic rings. The van der Waals surface area contributed by atoms with Crippen LogP contribution < -0.4 is 21.2 Å². The first-order chi connectivity index (χ1) is 32.4. The molecule has 360 valence electrons. The summed E-state index contributed by atoms with van der Waals surface area (Å²) in [6.45, 7) is 2.42. The fourth-order valence-corrected chi connectivity index (χ4v) is 13.7. The van der Waals surface area contributed by atoms with Crippen LogP contribution in [0.25, 0.3) is 0 Å². The predicted octanol–water partition coefficient (Wildman–Crippen LogP) is 11.4. The highest BCUT2D eigenvalue weighted by atomic mass is 35.6. The number of likely N-dealkylation sites (tertiary alicyclic amines) is 1. The zero-order chi connectivity index (χ0) is 48.1. The number of benzene rings is 4. The quantitative estimate of drug-likeness (QED) is 0.0111. The molecular formula is C54H66Cl3N2O7P. The van der Waals surface area contributed by atoms with Gasteiger partial charge in [-0.15, -0.1) is 0 Å². The van der Waals surface area contributed by atoms with Gasteiger partial charge in [0.1, 0.15) is 18.6 Å². The van der Waals surface area contributed by atoms with Crippen LogP contribution in [0.15, 0.2) is 128 Å². The SMILES string of the molecule is C=CCOC(=O)C(N1C(=O)[C@H]([C@@H](C)O)[C@H]1CC(=O)c1cccc(COC(=O)NCCCCCCCCCCCCCCCC(Cl)(Cl)Cl)c1)=P(c1ccccc1)(c1ccccc1)c1ccccc1. The molecule has 0 saturated carbocycles. The number of β-lactam (4-membered cyclic amide) rings is 1. The molecular weight excluding hydrogens is 926 g/mol. The summed E-state index contributed by atoms with van der Waals surface area (Å²) in [6, 6.07) is 34.8. The van der Waals surface area contributed by atoms with E-state index in [-0.39, 0.29) is 30.8 Å². The summed E-state index contributed by atoms with van der Waals surface area (Å²) in [5.74, 6) is -2.45. The number of amides is 2. The molecule has 2 N–H and O–H groups in total. The van der Waals surface area contributed by atoms with E-state index < -0.39 is 46.7 Å². The second-order valence-corrected chi connectivity index (χ2v) is 23.1. The number of aliphatic hydroxyl groups excluding tert-OH is 1. The monoisotopic (exact) mass is 990 g/mol. The van der Waals surface area contributed by atoms with Crippen LogP contribution in [0.2, 0.25) is 0 Å². The van der Waals surface area contributed by atoms with Gasteiger partial charge in [-0.05, 0) is 53.7 Å². The molecule has 0 aromatic heterocycles. The average molecular weight is 992 g/mol. The number of ketones is 1. The van der Waals surface area contributed by atoms with E-state index in [1.165, 1.54) is 69.3 Å². The van der Waals surface area contributed by atoms with Gasteiger partial charge in [0.25, 0.3) is 0 Å². The van der Waals surface area contributed by atoms with Crippen molar-refractivity contribution in [2.75, 3.05) is 13.2 Å². The topological polar surface area (TPSA) is 122 Å². The molecule has 0 aliphatic carbocycles. The molecule has 0 unspecified atom stereocenters. The Labute approximate surface area is 412 Å². The number of ether oxygens (including phenoxy) is 2. The van der Waals surface area contributed by atoms with E-state index >= 15 is 0 Å². The maximum Gasteiger partial charge on any atom is 0.407 e. The van der Waals surface area contributed by atoms with E-state index in [0.717, 1.165) is 48.0 Å². The van der Waals surface area contributed by atoms with E-state index in [1.807, 2.05) is 91.0 Å². The average Bonchev–Trinajstić information content (AvgIpc) is 3.32. The van der Waals surface area contributed by atoms with Crippen LogP contribution in [0.4, 0.5) is 4.79 Å². The molecule has 0 radical (unpaired) electrons. The van der Waals surface area contributed by atoms with E-state index in [2.05, 4.69) is 11.9 Å². The lowest BCUT2D eigenvalue weighted by Crippen LogP contribution is -2.68. The van der Waals surface area contributed by atoms with Crippen molar-refractivity contribution in [2.45, 2.75) is 126 Å². The number of halogens is 3. The van der Waals surface area contributed by atoms with Gasteiger partial charge >= 0.3 is 12.1 Å². The number of nitrogens with one attached hydrogen (secondary N) is 1. The van der Waals surface area contributed by atoms with Gasteiger partial charge in [-0.3, -0.25) is 9.59 Å². The Bertz CT molecular complexity index is 2150. The van der Waals surface area contributed by atoms with Crippen molar-refractivity contribution >= 4 is 86.8 Å². The van der Waals surface area contributed by atoms with Gasteiger partial charge in [-0.25, -0.2) is 9.59 Å². The van der Waals surface area contributed by atoms with Crippen LogP contribution in [0, 0.1) is 5.92 Å². The molecule has 1 heterocycles. The fourth-order valence-electron chi connectivity index (χ4n) is 8.87. The second-order valence-electron chi connectivity index (χ2n) is 17.2. The molecule has 0 bridgehead atoms. The Kier molecular flexibility index (Phi) is 22.1. The minimum absolute atomic E-state index is 0.0423. The van der Waals surface area contributed by atoms with Gasteiger partial charge in [0.2, 0.25) is 5.91 Å². The van der Waals surface area contributed by atoms with Gasteiger partial charge in [0.05, 0.1) is 18.1 Å². The lowest BCUT2D eigenvalue weighted by Gasteiger charge is -2.50. The van der Waals surface area contributed by atoms with Crippen LogP contribution in [-0.4, -0.2) is 68.3 Å². The Morgan fingerprint density at radius 1 is 0.731 bits per heavy atom. The summed E-state index contributed by atoms with van der Waals surface area (Å²) in [4.78, 5) is 57.6. The molecule has 67 heavy (non-hydrogen) atoms. The van der Waals surface area contributed by atoms with Gasteiger partial charge in [0, 0.05) is 25.4 Å². The minimum Gasteiger partial charge on any atom is -0.457 e. The van der Waals surface area contributed by atoms with E-state index in [1.54, 1.807) is 24.3 Å². The van der Waals surface area contributed by atoms with Crippen LogP contribution in [-0.2, 0) is 25.7 Å². The Morgan fingerprint density at radius 3 is 1.70 bits per heavy atom. The van der Waals surface area contributed by atoms with Crippen molar-refractivity contribution in [3.63, 3.8) is 0 Å². The normalized spacial score (nSPS) is 15.3. The van der Waals surface area contributed by atoms with Crippen molar-refractivity contribution in [2.24, 2.45) is 5.92 Å². The highest BCUT2D eigenvalue weighted by molar-refractivity contribution is 7.96. The van der Waals surface area contributed by atoms with Gasteiger partial charge in [-0.1, -0.05) is 227 Å². The van der Waals surface area contributed by atoms with E-state index in [4.69, 9.17) is 44.3 Å². The van der Waals surface area contributed by atoms with Crippen molar-refractivity contribution in [3.8, 4) is 0 Å². The lowest BCUT2D eigenvalue weighted by molar-refractivity contribution is -0.157. The number of alkyl carbamates (subject to hydrolysis) is 1. The third-order valence-electron chi connectivity index (χ3n) is 12.2. The minimum atomic E-state index is -3.22.